The molecule has 1 aliphatic rings. The topological polar surface area (TPSA) is 97.0 Å². The lowest BCUT2D eigenvalue weighted by molar-refractivity contribution is -0.128. The van der Waals surface area contributed by atoms with Gasteiger partial charge in [0, 0.05) is 18.5 Å². The van der Waals surface area contributed by atoms with E-state index in [1.165, 1.54) is 0 Å². The normalized spacial score (nSPS) is 15.7. The standard InChI is InChI=1S/C25H26N4O3S/c1-3-20(30)23(15-4-7-26-8-5-15)32-17-10-14(2)22-18(12-17)25(31)29-24(28-22)19-11-16-6-9-33-21(16)13-27-19/h6,9-13,15,23,26H,3-5,7-8H2,1-2H3,(H,28,29,31). The Kier molecular flexibility index (Phi) is 5.95. The third kappa shape index (κ3) is 4.28. The summed E-state index contributed by atoms with van der Waals surface area (Å²) in [4.78, 5) is 37.8. The van der Waals surface area contributed by atoms with Gasteiger partial charge >= 0.3 is 0 Å². The van der Waals surface area contributed by atoms with Crippen molar-refractivity contribution in [3.63, 3.8) is 0 Å². The molecule has 1 aromatic carbocycles. The highest BCUT2D eigenvalue weighted by atomic mass is 32.1. The van der Waals surface area contributed by atoms with E-state index in [1.54, 1.807) is 23.6 Å². The molecule has 0 spiro atoms. The molecule has 5 rings (SSSR count). The number of Topliss-reactive ketones (excluding diaryl/α,β-unsaturated/α-hetero) is 1. The van der Waals surface area contributed by atoms with Gasteiger partial charge in [0.25, 0.3) is 5.56 Å². The molecule has 1 aliphatic heterocycles. The summed E-state index contributed by atoms with van der Waals surface area (Å²) in [5.41, 5.74) is 1.79. The number of piperidine rings is 1. The maximum absolute atomic E-state index is 13.0. The molecule has 8 heteroatoms. The van der Waals surface area contributed by atoms with E-state index in [1.807, 2.05) is 37.4 Å². The van der Waals surface area contributed by atoms with E-state index >= 15 is 0 Å². The minimum Gasteiger partial charge on any atom is -0.482 e. The van der Waals surface area contributed by atoms with E-state index in [0.717, 1.165) is 41.6 Å². The number of carbonyl (C=O) groups excluding carboxylic acids is 1. The van der Waals surface area contributed by atoms with Crippen LogP contribution in [0.3, 0.4) is 0 Å². The Morgan fingerprint density at radius 3 is 2.88 bits per heavy atom. The van der Waals surface area contributed by atoms with Crippen molar-refractivity contribution in [3.8, 4) is 17.3 Å². The summed E-state index contributed by atoms with van der Waals surface area (Å²) in [5.74, 6) is 1.23. The summed E-state index contributed by atoms with van der Waals surface area (Å²) in [7, 11) is 0. The van der Waals surface area contributed by atoms with E-state index in [0.29, 0.717) is 34.6 Å². The predicted molar refractivity (Wildman–Crippen MR) is 131 cm³/mol. The third-order valence-electron chi connectivity index (χ3n) is 6.30. The van der Waals surface area contributed by atoms with Crippen molar-refractivity contribution in [1.82, 2.24) is 20.3 Å². The number of aromatic amines is 1. The molecule has 1 unspecified atom stereocenters. The monoisotopic (exact) mass is 462 g/mol. The molecule has 4 aromatic rings. The highest BCUT2D eigenvalue weighted by molar-refractivity contribution is 7.17. The van der Waals surface area contributed by atoms with Crippen molar-refractivity contribution in [1.29, 1.82) is 0 Å². The fourth-order valence-electron chi connectivity index (χ4n) is 4.49. The number of pyridine rings is 1. The zero-order valence-corrected chi connectivity index (χ0v) is 19.5. The number of benzene rings is 1. The Bertz CT molecular complexity index is 1390. The van der Waals surface area contributed by atoms with E-state index in [2.05, 4.69) is 15.3 Å². The Morgan fingerprint density at radius 2 is 2.09 bits per heavy atom. The number of ether oxygens (including phenoxy) is 1. The first kappa shape index (κ1) is 21.7. The first-order chi connectivity index (χ1) is 16.0. The number of hydrogen-bond acceptors (Lipinski definition) is 7. The molecular formula is C25H26N4O3S. The van der Waals surface area contributed by atoms with E-state index in [-0.39, 0.29) is 17.3 Å². The Balaban J connectivity index is 1.51. The Labute approximate surface area is 195 Å². The average molecular weight is 463 g/mol. The van der Waals surface area contributed by atoms with Gasteiger partial charge in [0.2, 0.25) is 0 Å². The smallest absolute Gasteiger partial charge is 0.259 e. The van der Waals surface area contributed by atoms with Gasteiger partial charge in [-0.3, -0.25) is 14.6 Å². The first-order valence-corrected chi connectivity index (χ1v) is 12.2. The van der Waals surface area contributed by atoms with Crippen LogP contribution in [0.15, 0.2) is 40.6 Å². The second-order valence-electron chi connectivity index (χ2n) is 8.52. The van der Waals surface area contributed by atoms with Crippen molar-refractivity contribution in [2.24, 2.45) is 5.92 Å². The lowest BCUT2D eigenvalue weighted by atomic mass is 9.89. The number of thiophene rings is 1. The highest BCUT2D eigenvalue weighted by Gasteiger charge is 2.30. The van der Waals surface area contributed by atoms with Crippen LogP contribution in [0.5, 0.6) is 5.75 Å². The van der Waals surface area contributed by atoms with Gasteiger partial charge in [-0.25, -0.2) is 4.98 Å². The number of fused-ring (bicyclic) bond motifs is 2. The first-order valence-electron chi connectivity index (χ1n) is 11.3. The van der Waals surface area contributed by atoms with Crippen LogP contribution in [0.1, 0.15) is 31.7 Å². The van der Waals surface area contributed by atoms with Crippen LogP contribution >= 0.6 is 11.3 Å². The van der Waals surface area contributed by atoms with Gasteiger partial charge in [0.15, 0.2) is 17.7 Å². The number of rotatable bonds is 6. The molecule has 3 aromatic heterocycles. The molecule has 0 amide bonds. The minimum atomic E-state index is -0.498. The van der Waals surface area contributed by atoms with E-state index in [4.69, 9.17) is 9.72 Å². The van der Waals surface area contributed by atoms with Crippen molar-refractivity contribution in [2.75, 3.05) is 13.1 Å². The molecule has 0 aliphatic carbocycles. The molecule has 33 heavy (non-hydrogen) atoms. The van der Waals surface area contributed by atoms with Crippen LogP contribution in [-0.4, -0.2) is 39.9 Å². The van der Waals surface area contributed by atoms with Crippen molar-refractivity contribution in [2.45, 2.75) is 39.2 Å². The van der Waals surface area contributed by atoms with Crippen molar-refractivity contribution >= 4 is 38.1 Å². The van der Waals surface area contributed by atoms with Crippen LogP contribution in [0, 0.1) is 12.8 Å². The van der Waals surface area contributed by atoms with Crippen LogP contribution < -0.4 is 15.6 Å². The van der Waals surface area contributed by atoms with Gasteiger partial charge in [0.05, 0.1) is 15.6 Å². The zero-order valence-electron chi connectivity index (χ0n) is 18.7. The van der Waals surface area contributed by atoms with Gasteiger partial charge < -0.3 is 15.0 Å². The van der Waals surface area contributed by atoms with Gasteiger partial charge in [0.1, 0.15) is 11.4 Å². The maximum atomic E-state index is 13.0. The minimum absolute atomic E-state index is 0.0944. The van der Waals surface area contributed by atoms with Crippen molar-refractivity contribution in [3.05, 3.63) is 51.8 Å². The van der Waals surface area contributed by atoms with E-state index < -0.39 is 6.10 Å². The lowest BCUT2D eigenvalue weighted by Crippen LogP contribution is -2.41. The Hall–Kier alpha value is -3.10. The Morgan fingerprint density at radius 1 is 1.27 bits per heavy atom. The van der Waals surface area contributed by atoms with E-state index in [9.17, 15) is 9.59 Å². The number of ketones is 1. The fraction of sp³-hybridized carbons (Fsp3) is 0.360. The second-order valence-corrected chi connectivity index (χ2v) is 9.47. The molecule has 0 saturated carbocycles. The van der Waals surface area contributed by atoms with Crippen LogP contribution in [0.2, 0.25) is 0 Å². The van der Waals surface area contributed by atoms with Gasteiger partial charge in [-0.05, 0) is 73.5 Å². The number of aromatic nitrogens is 3. The quantitative estimate of drug-likeness (QED) is 0.445. The summed E-state index contributed by atoms with van der Waals surface area (Å²) in [6.45, 7) is 5.54. The number of nitrogens with one attached hydrogen (secondary N) is 2. The summed E-state index contributed by atoms with van der Waals surface area (Å²) in [6.07, 6.45) is 3.52. The molecule has 1 atom stereocenters. The number of H-pyrrole nitrogens is 1. The number of hydrogen-bond donors (Lipinski definition) is 2. The van der Waals surface area contributed by atoms with Gasteiger partial charge in [-0.1, -0.05) is 6.92 Å². The molecule has 7 nitrogen and oxygen atoms in total. The molecule has 170 valence electrons. The van der Waals surface area contributed by atoms with Crippen LogP contribution in [-0.2, 0) is 4.79 Å². The highest BCUT2D eigenvalue weighted by Crippen LogP contribution is 2.29. The average Bonchev–Trinajstić information content (AvgIpc) is 3.31. The molecular weight excluding hydrogens is 436 g/mol. The number of aryl methyl sites for hydroxylation is 1. The van der Waals surface area contributed by atoms with Crippen LogP contribution in [0.25, 0.3) is 32.5 Å². The predicted octanol–water partition coefficient (Wildman–Crippen LogP) is 4.23. The maximum Gasteiger partial charge on any atom is 0.259 e. The number of carbonyl (C=O) groups is 1. The largest absolute Gasteiger partial charge is 0.482 e. The van der Waals surface area contributed by atoms with Gasteiger partial charge in [-0.2, -0.15) is 0 Å². The molecule has 0 radical (unpaired) electrons. The molecule has 1 saturated heterocycles. The fourth-order valence-corrected chi connectivity index (χ4v) is 5.23. The molecule has 2 N–H and O–H groups in total. The summed E-state index contributed by atoms with van der Waals surface area (Å²) < 4.78 is 7.32. The summed E-state index contributed by atoms with van der Waals surface area (Å²) in [6, 6.07) is 7.52. The van der Waals surface area contributed by atoms with Gasteiger partial charge in [-0.15, -0.1) is 11.3 Å². The van der Waals surface area contributed by atoms with Crippen LogP contribution in [0.4, 0.5) is 0 Å². The summed E-state index contributed by atoms with van der Waals surface area (Å²) >= 11 is 1.62. The third-order valence-corrected chi connectivity index (χ3v) is 7.17. The zero-order chi connectivity index (χ0) is 22.9. The second kappa shape index (κ2) is 9.03. The number of nitrogens with zero attached hydrogens (tertiary/aromatic N) is 2. The lowest BCUT2D eigenvalue weighted by Gasteiger charge is -2.30. The molecule has 0 bridgehead atoms. The summed E-state index contributed by atoms with van der Waals surface area (Å²) in [5, 5.41) is 6.86. The molecule has 4 heterocycles. The van der Waals surface area contributed by atoms with Crippen molar-refractivity contribution < 1.29 is 9.53 Å². The molecule has 1 fully saturated rings. The SMILES string of the molecule is CCC(=O)C(Oc1cc(C)c2nc(-c3cc4ccsc4cn3)[nH]c(=O)c2c1)C1CCNCC1.